The first-order chi connectivity index (χ1) is 16.4. The molecule has 0 aliphatic heterocycles. The lowest BCUT2D eigenvalue weighted by Crippen LogP contribution is -2.18. The molecule has 0 saturated carbocycles. The standard InChI is InChI=1S/C24H25FN4O4S/c1-4-32-19-10-20(34-23(19)24(30)31)17-9-21(28-13-27-17)26-11-15(3)29-14(2)8-16-6-5-7-18(22(16)29)33-12-25/h5-10,13,15H,4,11-12H2,1-3H3,(H,30,31)(H,26,27,28). The lowest BCUT2D eigenvalue weighted by atomic mass is 10.2. The van der Waals surface area contributed by atoms with Crippen molar-refractivity contribution in [1.82, 2.24) is 14.5 Å². The summed E-state index contributed by atoms with van der Waals surface area (Å²) in [6.07, 6.45) is 1.44. The minimum absolute atomic E-state index is 0.00480. The van der Waals surface area contributed by atoms with Crippen LogP contribution in [0.4, 0.5) is 10.2 Å². The molecule has 0 spiro atoms. The van der Waals surface area contributed by atoms with Crippen molar-refractivity contribution in [3.8, 4) is 22.1 Å². The number of carbonyl (C=O) groups is 1. The van der Waals surface area contributed by atoms with E-state index in [1.165, 1.54) is 6.33 Å². The zero-order chi connectivity index (χ0) is 24.2. The number of carboxylic acid groups (broad SMARTS) is 1. The molecule has 178 valence electrons. The number of hydrogen-bond donors (Lipinski definition) is 2. The minimum atomic E-state index is -1.04. The molecule has 3 heterocycles. The lowest BCUT2D eigenvalue weighted by molar-refractivity contribution is 0.0698. The average Bonchev–Trinajstić information content (AvgIpc) is 3.39. The van der Waals surface area contributed by atoms with Gasteiger partial charge in [0, 0.05) is 35.8 Å². The number of anilines is 1. The summed E-state index contributed by atoms with van der Waals surface area (Å²) in [5.41, 5.74) is 2.48. The van der Waals surface area contributed by atoms with Gasteiger partial charge in [0.1, 0.15) is 23.6 Å². The van der Waals surface area contributed by atoms with Crippen LogP contribution in [0.25, 0.3) is 21.5 Å². The first-order valence-electron chi connectivity index (χ1n) is 10.8. The van der Waals surface area contributed by atoms with Crippen molar-refractivity contribution >= 4 is 34.0 Å². The Morgan fingerprint density at radius 2 is 2.06 bits per heavy atom. The largest absolute Gasteiger partial charge is 0.492 e. The number of halogens is 1. The van der Waals surface area contributed by atoms with Gasteiger partial charge in [-0.25, -0.2) is 19.2 Å². The van der Waals surface area contributed by atoms with Crippen molar-refractivity contribution in [3.63, 3.8) is 0 Å². The number of benzene rings is 1. The van der Waals surface area contributed by atoms with Crippen LogP contribution >= 0.6 is 11.3 Å². The number of ether oxygens (including phenoxy) is 2. The van der Waals surface area contributed by atoms with Gasteiger partial charge in [0.05, 0.1) is 22.7 Å². The number of rotatable bonds is 10. The van der Waals surface area contributed by atoms with Crippen LogP contribution in [-0.4, -0.2) is 45.6 Å². The van der Waals surface area contributed by atoms with E-state index in [4.69, 9.17) is 9.47 Å². The molecule has 4 aromatic rings. The molecule has 10 heteroatoms. The number of aromatic nitrogens is 3. The Kier molecular flexibility index (Phi) is 6.97. The van der Waals surface area contributed by atoms with E-state index in [1.54, 1.807) is 25.1 Å². The summed E-state index contributed by atoms with van der Waals surface area (Å²) in [4.78, 5) is 21.0. The van der Waals surface area contributed by atoms with E-state index in [2.05, 4.69) is 26.8 Å². The van der Waals surface area contributed by atoms with Crippen LogP contribution in [0.3, 0.4) is 0 Å². The molecule has 1 aromatic carbocycles. The van der Waals surface area contributed by atoms with Crippen molar-refractivity contribution in [1.29, 1.82) is 0 Å². The number of thiophene rings is 1. The molecule has 0 aliphatic carbocycles. The number of para-hydroxylation sites is 1. The van der Waals surface area contributed by atoms with Crippen LogP contribution in [0.2, 0.25) is 0 Å². The molecule has 2 N–H and O–H groups in total. The monoisotopic (exact) mass is 484 g/mol. The van der Waals surface area contributed by atoms with Gasteiger partial charge >= 0.3 is 5.97 Å². The molecule has 0 saturated heterocycles. The van der Waals surface area contributed by atoms with Gasteiger partial charge in [-0.2, -0.15) is 0 Å². The van der Waals surface area contributed by atoms with Crippen LogP contribution in [0.15, 0.2) is 42.7 Å². The summed E-state index contributed by atoms with van der Waals surface area (Å²) in [6, 6.07) is 11.1. The van der Waals surface area contributed by atoms with E-state index < -0.39 is 12.8 Å². The maximum Gasteiger partial charge on any atom is 0.349 e. The summed E-state index contributed by atoms with van der Waals surface area (Å²) in [5.74, 6) is 0.403. The Morgan fingerprint density at radius 1 is 1.24 bits per heavy atom. The van der Waals surface area contributed by atoms with Crippen molar-refractivity contribution in [2.75, 3.05) is 25.3 Å². The summed E-state index contributed by atoms with van der Waals surface area (Å²) >= 11 is 1.11. The molecular formula is C24H25FN4O4S. The van der Waals surface area contributed by atoms with E-state index >= 15 is 0 Å². The third-order valence-electron chi connectivity index (χ3n) is 5.36. The first kappa shape index (κ1) is 23.5. The number of hydrogen-bond acceptors (Lipinski definition) is 7. The second-order valence-corrected chi connectivity index (χ2v) is 8.72. The zero-order valence-corrected chi connectivity index (χ0v) is 19.9. The Morgan fingerprint density at radius 3 is 2.79 bits per heavy atom. The van der Waals surface area contributed by atoms with Gasteiger partial charge in [0.25, 0.3) is 0 Å². The number of fused-ring (bicyclic) bond motifs is 1. The fraction of sp³-hybridized carbons (Fsp3) is 0.292. The molecule has 3 aromatic heterocycles. The van der Waals surface area contributed by atoms with Crippen LogP contribution in [-0.2, 0) is 0 Å². The van der Waals surface area contributed by atoms with Crippen molar-refractivity contribution < 1.29 is 23.8 Å². The number of aromatic carboxylic acids is 1. The van der Waals surface area contributed by atoms with Gasteiger partial charge in [-0.1, -0.05) is 12.1 Å². The third kappa shape index (κ3) is 4.67. The van der Waals surface area contributed by atoms with Crippen molar-refractivity contribution in [2.45, 2.75) is 26.8 Å². The Labute approximate surface area is 200 Å². The molecular weight excluding hydrogens is 459 g/mol. The second-order valence-electron chi connectivity index (χ2n) is 7.66. The Bertz CT molecular complexity index is 1320. The van der Waals surface area contributed by atoms with Gasteiger partial charge in [-0.15, -0.1) is 11.3 Å². The molecule has 1 unspecified atom stereocenters. The highest BCUT2D eigenvalue weighted by Crippen LogP contribution is 2.36. The number of carboxylic acids is 1. The number of aryl methyl sites for hydroxylation is 1. The first-order valence-corrected chi connectivity index (χ1v) is 11.6. The van der Waals surface area contributed by atoms with E-state index in [-0.39, 0.29) is 10.9 Å². The molecule has 0 fully saturated rings. The molecule has 1 atom stereocenters. The second kappa shape index (κ2) is 10.1. The lowest BCUT2D eigenvalue weighted by Gasteiger charge is -2.20. The predicted molar refractivity (Wildman–Crippen MR) is 130 cm³/mol. The van der Waals surface area contributed by atoms with Gasteiger partial charge in [-0.05, 0) is 32.9 Å². The average molecular weight is 485 g/mol. The van der Waals surface area contributed by atoms with Crippen LogP contribution in [0, 0.1) is 6.92 Å². The highest BCUT2D eigenvalue weighted by molar-refractivity contribution is 7.17. The summed E-state index contributed by atoms with van der Waals surface area (Å²) < 4.78 is 25.7. The van der Waals surface area contributed by atoms with E-state index in [0.717, 1.165) is 27.9 Å². The number of alkyl halides is 1. The molecule has 4 rings (SSSR count). The number of nitrogens with one attached hydrogen (secondary N) is 1. The van der Waals surface area contributed by atoms with E-state index in [9.17, 15) is 14.3 Å². The quantitative estimate of drug-likeness (QED) is 0.305. The summed E-state index contributed by atoms with van der Waals surface area (Å²) in [7, 11) is 0. The fourth-order valence-corrected chi connectivity index (χ4v) is 4.88. The van der Waals surface area contributed by atoms with Crippen LogP contribution < -0.4 is 14.8 Å². The summed E-state index contributed by atoms with van der Waals surface area (Å²) in [5, 5.41) is 13.8. The highest BCUT2D eigenvalue weighted by atomic mass is 32.1. The molecule has 0 amide bonds. The minimum Gasteiger partial charge on any atom is -0.492 e. The van der Waals surface area contributed by atoms with Crippen molar-refractivity contribution in [2.24, 2.45) is 0 Å². The van der Waals surface area contributed by atoms with E-state index in [0.29, 0.717) is 41.0 Å². The van der Waals surface area contributed by atoms with Crippen molar-refractivity contribution in [3.05, 3.63) is 53.3 Å². The normalized spacial score (nSPS) is 12.0. The zero-order valence-electron chi connectivity index (χ0n) is 19.0. The summed E-state index contributed by atoms with van der Waals surface area (Å²) in [6.45, 7) is 5.89. The molecule has 0 aliphatic rings. The third-order valence-corrected chi connectivity index (χ3v) is 6.48. The Hall–Kier alpha value is -3.66. The molecule has 34 heavy (non-hydrogen) atoms. The molecule has 0 bridgehead atoms. The van der Waals surface area contributed by atoms with Gasteiger partial charge in [0.2, 0.25) is 6.86 Å². The molecule has 8 nitrogen and oxygen atoms in total. The smallest absolute Gasteiger partial charge is 0.349 e. The predicted octanol–water partition coefficient (Wildman–Crippen LogP) is 5.54. The maximum absolute atomic E-state index is 12.9. The van der Waals surface area contributed by atoms with Gasteiger partial charge < -0.3 is 24.5 Å². The van der Waals surface area contributed by atoms with Gasteiger partial charge in [0.15, 0.2) is 4.88 Å². The van der Waals surface area contributed by atoms with Crippen LogP contribution in [0.5, 0.6) is 11.5 Å². The van der Waals surface area contributed by atoms with Gasteiger partial charge in [-0.3, -0.25) is 0 Å². The topological polar surface area (TPSA) is 98.5 Å². The Balaban J connectivity index is 1.56. The SMILES string of the molecule is CCOc1cc(-c2cc(NCC(C)n3c(C)cc4cccc(OCF)c43)ncn2)sc1C(=O)O. The fourth-order valence-electron chi connectivity index (χ4n) is 3.97. The number of nitrogens with zero attached hydrogens (tertiary/aromatic N) is 3. The highest BCUT2D eigenvalue weighted by Gasteiger charge is 2.19. The maximum atomic E-state index is 12.9. The van der Waals surface area contributed by atoms with Crippen LogP contribution in [0.1, 0.15) is 35.3 Å². The van der Waals surface area contributed by atoms with E-state index in [1.807, 2.05) is 25.1 Å². The molecule has 0 radical (unpaired) electrons.